The zero-order valence-corrected chi connectivity index (χ0v) is 8.43. The molecular weight excluding hydrogens is 148 g/mol. The van der Waals surface area contributed by atoms with Gasteiger partial charge in [-0.25, -0.2) is 0 Å². The van der Waals surface area contributed by atoms with Gasteiger partial charge in [-0.1, -0.05) is 17.7 Å². The molecule has 0 aliphatic rings. The van der Waals surface area contributed by atoms with Gasteiger partial charge in [-0.3, -0.25) is 0 Å². The van der Waals surface area contributed by atoms with Gasteiger partial charge in [-0.2, -0.15) is 0 Å². The van der Waals surface area contributed by atoms with Crippen LogP contribution in [0.25, 0.3) is 0 Å². The lowest BCUT2D eigenvalue weighted by Gasteiger charge is -2.20. The monoisotopic (exact) mass is 168 g/mol. The predicted molar refractivity (Wildman–Crippen MR) is 54.1 cm³/mol. The molecule has 0 aromatic carbocycles. The molecule has 0 amide bonds. The Morgan fingerprint density at radius 1 is 1.50 bits per heavy atom. The number of hydrogen-bond acceptors (Lipinski definition) is 1. The van der Waals surface area contributed by atoms with E-state index in [1.807, 2.05) is 6.92 Å². The van der Waals surface area contributed by atoms with Gasteiger partial charge in [0.2, 0.25) is 0 Å². The lowest BCUT2D eigenvalue weighted by molar-refractivity contribution is 0.0551. The van der Waals surface area contributed by atoms with Crippen LogP contribution in [-0.2, 0) is 0 Å². The lowest BCUT2D eigenvalue weighted by Crippen LogP contribution is -2.22. The molecule has 70 valence electrons. The first-order valence-electron chi connectivity index (χ1n) is 4.44. The Hall–Kier alpha value is -0.560. The second-order valence-electron chi connectivity index (χ2n) is 3.81. The quantitative estimate of drug-likeness (QED) is 0.625. The zero-order chi connectivity index (χ0) is 9.61. The van der Waals surface area contributed by atoms with Crippen molar-refractivity contribution < 1.29 is 5.11 Å². The van der Waals surface area contributed by atoms with Gasteiger partial charge in [0.25, 0.3) is 0 Å². The van der Waals surface area contributed by atoms with Crippen LogP contribution in [0.2, 0.25) is 0 Å². The van der Waals surface area contributed by atoms with E-state index in [-0.39, 0.29) is 0 Å². The maximum absolute atomic E-state index is 9.73. The van der Waals surface area contributed by atoms with Crippen molar-refractivity contribution in [3.8, 4) is 0 Å². The maximum Gasteiger partial charge on any atom is 0.0656 e. The molecule has 0 radical (unpaired) electrons. The smallest absolute Gasteiger partial charge is 0.0656 e. The summed E-state index contributed by atoms with van der Waals surface area (Å²) in [7, 11) is 0. The Labute approximate surface area is 75.8 Å². The number of rotatable bonds is 5. The first kappa shape index (κ1) is 11.4. The molecule has 1 N–H and O–H groups in total. The Bertz CT molecular complexity index is 162. The summed E-state index contributed by atoms with van der Waals surface area (Å²) in [5.41, 5.74) is 0.734. The van der Waals surface area contributed by atoms with E-state index < -0.39 is 5.60 Å². The molecule has 12 heavy (non-hydrogen) atoms. The molecule has 0 saturated carbocycles. The Kier molecular flexibility index (Phi) is 4.91. The fourth-order valence-electron chi connectivity index (χ4n) is 1.08. The van der Waals surface area contributed by atoms with E-state index in [2.05, 4.69) is 26.5 Å². The van der Waals surface area contributed by atoms with E-state index in [1.54, 1.807) is 6.08 Å². The second kappa shape index (κ2) is 5.15. The molecule has 0 unspecified atom stereocenters. The van der Waals surface area contributed by atoms with E-state index in [0.717, 1.165) is 12.8 Å². The van der Waals surface area contributed by atoms with Crippen LogP contribution in [0.3, 0.4) is 0 Å². The van der Waals surface area contributed by atoms with Crippen molar-refractivity contribution in [1.29, 1.82) is 0 Å². The normalized spacial score (nSPS) is 15.0. The average Bonchev–Trinajstić information content (AvgIpc) is 1.85. The Balaban J connectivity index is 3.75. The Morgan fingerprint density at radius 3 is 2.50 bits per heavy atom. The van der Waals surface area contributed by atoms with Crippen molar-refractivity contribution >= 4 is 0 Å². The topological polar surface area (TPSA) is 20.2 Å². The van der Waals surface area contributed by atoms with Gasteiger partial charge in [-0.05, 0) is 40.0 Å². The minimum atomic E-state index is -0.576. The standard InChI is InChI=1S/C11H20O/c1-5-8-11(4,12)9-6-7-10(2)3/h5,7,12H,1,6,8-9H2,2-4H3/t11-/m0/s1. The molecule has 0 spiro atoms. The molecule has 0 aromatic rings. The number of aliphatic hydroxyl groups is 1. The van der Waals surface area contributed by atoms with Crippen molar-refractivity contribution in [2.75, 3.05) is 0 Å². The molecule has 0 bridgehead atoms. The van der Waals surface area contributed by atoms with Gasteiger partial charge in [0.05, 0.1) is 5.60 Å². The number of hydrogen-bond donors (Lipinski definition) is 1. The SMILES string of the molecule is C=CC[C@](C)(O)CCC=C(C)C. The summed E-state index contributed by atoms with van der Waals surface area (Å²) >= 11 is 0. The molecular formula is C11H20O. The van der Waals surface area contributed by atoms with Gasteiger partial charge in [-0.15, -0.1) is 6.58 Å². The average molecular weight is 168 g/mol. The van der Waals surface area contributed by atoms with Gasteiger partial charge >= 0.3 is 0 Å². The molecule has 0 heterocycles. The van der Waals surface area contributed by atoms with E-state index >= 15 is 0 Å². The van der Waals surface area contributed by atoms with Crippen molar-refractivity contribution in [3.63, 3.8) is 0 Å². The van der Waals surface area contributed by atoms with Gasteiger partial charge < -0.3 is 5.11 Å². The third-order valence-electron chi connectivity index (χ3n) is 1.82. The van der Waals surface area contributed by atoms with Crippen LogP contribution in [0.15, 0.2) is 24.3 Å². The van der Waals surface area contributed by atoms with E-state index in [0.29, 0.717) is 6.42 Å². The second-order valence-corrected chi connectivity index (χ2v) is 3.81. The fourth-order valence-corrected chi connectivity index (χ4v) is 1.08. The highest BCUT2D eigenvalue weighted by Crippen LogP contribution is 2.17. The van der Waals surface area contributed by atoms with Gasteiger partial charge in [0, 0.05) is 0 Å². The third kappa shape index (κ3) is 6.17. The van der Waals surface area contributed by atoms with Gasteiger partial charge in [0.15, 0.2) is 0 Å². The first-order valence-corrected chi connectivity index (χ1v) is 4.44. The molecule has 0 aromatic heterocycles. The lowest BCUT2D eigenvalue weighted by atomic mass is 9.96. The largest absolute Gasteiger partial charge is 0.390 e. The van der Waals surface area contributed by atoms with E-state index in [9.17, 15) is 5.11 Å². The molecule has 0 fully saturated rings. The third-order valence-corrected chi connectivity index (χ3v) is 1.82. The van der Waals surface area contributed by atoms with Crippen molar-refractivity contribution in [2.24, 2.45) is 0 Å². The Morgan fingerprint density at radius 2 is 2.08 bits per heavy atom. The van der Waals surface area contributed by atoms with E-state index in [1.165, 1.54) is 5.57 Å². The molecule has 1 atom stereocenters. The molecule has 0 aliphatic heterocycles. The summed E-state index contributed by atoms with van der Waals surface area (Å²) in [5.74, 6) is 0. The molecule has 0 saturated heterocycles. The summed E-state index contributed by atoms with van der Waals surface area (Å²) in [6.07, 6.45) is 6.34. The van der Waals surface area contributed by atoms with Crippen LogP contribution in [0.5, 0.6) is 0 Å². The highest BCUT2D eigenvalue weighted by Gasteiger charge is 2.16. The molecule has 0 rings (SSSR count). The highest BCUT2D eigenvalue weighted by atomic mass is 16.3. The molecule has 1 heteroatoms. The minimum Gasteiger partial charge on any atom is -0.390 e. The summed E-state index contributed by atoms with van der Waals surface area (Å²) in [6, 6.07) is 0. The maximum atomic E-state index is 9.73. The van der Waals surface area contributed by atoms with E-state index in [4.69, 9.17) is 0 Å². The zero-order valence-electron chi connectivity index (χ0n) is 8.43. The molecule has 1 nitrogen and oxygen atoms in total. The van der Waals surface area contributed by atoms with Crippen LogP contribution >= 0.6 is 0 Å². The predicted octanol–water partition coefficient (Wildman–Crippen LogP) is 3.06. The van der Waals surface area contributed by atoms with Crippen LogP contribution in [0.4, 0.5) is 0 Å². The van der Waals surface area contributed by atoms with Crippen molar-refractivity contribution in [1.82, 2.24) is 0 Å². The first-order chi connectivity index (χ1) is 5.48. The summed E-state index contributed by atoms with van der Waals surface area (Å²) in [4.78, 5) is 0. The summed E-state index contributed by atoms with van der Waals surface area (Å²) in [5, 5.41) is 9.73. The van der Waals surface area contributed by atoms with Crippen LogP contribution in [-0.4, -0.2) is 10.7 Å². The van der Waals surface area contributed by atoms with Gasteiger partial charge in [0.1, 0.15) is 0 Å². The summed E-state index contributed by atoms with van der Waals surface area (Å²) in [6.45, 7) is 9.61. The van der Waals surface area contributed by atoms with Crippen LogP contribution in [0.1, 0.15) is 40.0 Å². The van der Waals surface area contributed by atoms with Crippen molar-refractivity contribution in [3.05, 3.63) is 24.3 Å². The number of allylic oxidation sites excluding steroid dienone is 2. The minimum absolute atomic E-state index is 0.576. The van der Waals surface area contributed by atoms with Crippen molar-refractivity contribution in [2.45, 2.75) is 45.6 Å². The van der Waals surface area contributed by atoms with Crippen LogP contribution in [0, 0.1) is 0 Å². The fraction of sp³-hybridized carbons (Fsp3) is 0.636. The summed E-state index contributed by atoms with van der Waals surface area (Å²) < 4.78 is 0. The van der Waals surface area contributed by atoms with Crippen LogP contribution < -0.4 is 0 Å². The molecule has 0 aliphatic carbocycles. The highest BCUT2D eigenvalue weighted by molar-refractivity contribution is 4.94.